The number of rotatable bonds is 8. The van der Waals surface area contributed by atoms with Crippen LogP contribution in [0.25, 0.3) is 22.2 Å². The van der Waals surface area contributed by atoms with Gasteiger partial charge in [-0.2, -0.15) is 0 Å². The fraction of sp³-hybridized carbons (Fsp3) is 0.0645. The Kier molecular flexibility index (Phi) is 8.20. The number of para-hydroxylation sites is 1. The maximum absolute atomic E-state index is 13.1. The maximum atomic E-state index is 13.1. The first kappa shape index (κ1) is 26.4. The van der Waals surface area contributed by atoms with Gasteiger partial charge in [0, 0.05) is 15.4 Å². The summed E-state index contributed by atoms with van der Waals surface area (Å²) in [4.78, 5) is 30.3. The van der Waals surface area contributed by atoms with E-state index in [4.69, 9.17) is 26.1 Å². The second kappa shape index (κ2) is 12.1. The molecular weight excluding hydrogens is 580 g/mol. The molecule has 1 aromatic heterocycles. The van der Waals surface area contributed by atoms with Crippen molar-refractivity contribution in [1.82, 2.24) is 4.98 Å². The topological polar surface area (TPSA) is 77.5 Å². The van der Waals surface area contributed by atoms with Gasteiger partial charge in [-0.15, -0.1) is 0 Å². The molecular formula is C31H22BrClN2O4. The van der Waals surface area contributed by atoms with Gasteiger partial charge in [0.05, 0.1) is 27.5 Å². The number of carbonyl (C=O) groups excluding carboxylic acids is 2. The number of ether oxygens (including phenoxy) is 2. The molecule has 4 aromatic carbocycles. The molecule has 8 heteroatoms. The molecule has 1 amide bonds. The van der Waals surface area contributed by atoms with Gasteiger partial charge in [0.2, 0.25) is 0 Å². The molecule has 0 aliphatic heterocycles. The minimum atomic E-state index is -0.630. The van der Waals surface area contributed by atoms with E-state index in [0.29, 0.717) is 39.5 Å². The first-order valence-corrected chi connectivity index (χ1v) is 13.2. The molecule has 0 fully saturated rings. The zero-order valence-corrected chi connectivity index (χ0v) is 22.9. The van der Waals surface area contributed by atoms with E-state index in [0.717, 1.165) is 21.3 Å². The van der Waals surface area contributed by atoms with E-state index in [1.165, 1.54) is 0 Å². The number of carbonyl (C=O) groups is 2. The van der Waals surface area contributed by atoms with Crippen molar-refractivity contribution in [2.75, 3.05) is 11.9 Å². The Bertz CT molecular complexity index is 1640. The summed E-state index contributed by atoms with van der Waals surface area (Å²) in [5, 5.41) is 3.65. The minimum Gasteiger partial charge on any atom is -0.489 e. The summed E-state index contributed by atoms with van der Waals surface area (Å²) >= 11 is 9.48. The third-order valence-electron chi connectivity index (χ3n) is 5.87. The molecule has 0 bridgehead atoms. The largest absolute Gasteiger partial charge is 0.489 e. The van der Waals surface area contributed by atoms with Crippen molar-refractivity contribution >= 4 is 56.0 Å². The van der Waals surface area contributed by atoms with Crippen LogP contribution in [0.2, 0.25) is 5.02 Å². The average Bonchev–Trinajstić information content (AvgIpc) is 2.96. The predicted molar refractivity (Wildman–Crippen MR) is 156 cm³/mol. The number of amides is 1. The fourth-order valence-electron chi connectivity index (χ4n) is 3.94. The molecule has 0 radical (unpaired) electrons. The van der Waals surface area contributed by atoms with Crippen molar-refractivity contribution in [3.63, 3.8) is 0 Å². The molecule has 0 saturated heterocycles. The van der Waals surface area contributed by atoms with Crippen LogP contribution >= 0.6 is 27.5 Å². The molecule has 0 aliphatic rings. The Morgan fingerprint density at radius 1 is 0.872 bits per heavy atom. The van der Waals surface area contributed by atoms with Crippen LogP contribution in [0.4, 0.5) is 5.69 Å². The van der Waals surface area contributed by atoms with Crippen molar-refractivity contribution in [3.05, 3.63) is 124 Å². The van der Waals surface area contributed by atoms with E-state index in [2.05, 4.69) is 21.2 Å². The molecule has 39 heavy (non-hydrogen) atoms. The zero-order chi connectivity index (χ0) is 27.2. The van der Waals surface area contributed by atoms with Crippen LogP contribution < -0.4 is 10.1 Å². The van der Waals surface area contributed by atoms with Crippen molar-refractivity contribution in [2.45, 2.75) is 6.61 Å². The molecule has 1 heterocycles. The molecule has 1 N–H and O–H groups in total. The van der Waals surface area contributed by atoms with E-state index in [1.54, 1.807) is 30.3 Å². The lowest BCUT2D eigenvalue weighted by molar-refractivity contribution is -0.119. The number of hydrogen-bond acceptors (Lipinski definition) is 5. The second-order valence-electron chi connectivity index (χ2n) is 8.62. The summed E-state index contributed by atoms with van der Waals surface area (Å²) in [6.07, 6.45) is 0. The summed E-state index contributed by atoms with van der Waals surface area (Å²) < 4.78 is 12.0. The lowest BCUT2D eigenvalue weighted by Gasteiger charge is -2.12. The van der Waals surface area contributed by atoms with Gasteiger partial charge in [0.25, 0.3) is 5.91 Å². The predicted octanol–water partition coefficient (Wildman–Crippen LogP) is 7.69. The molecule has 5 aromatic rings. The summed E-state index contributed by atoms with van der Waals surface area (Å²) in [5.74, 6) is -0.410. The monoisotopic (exact) mass is 600 g/mol. The lowest BCUT2D eigenvalue weighted by atomic mass is 10.0. The number of anilines is 1. The first-order valence-electron chi connectivity index (χ1n) is 12.1. The van der Waals surface area contributed by atoms with E-state index < -0.39 is 18.5 Å². The third-order valence-corrected chi connectivity index (χ3v) is 6.68. The summed E-state index contributed by atoms with van der Waals surface area (Å²) in [6.45, 7) is -0.00331. The maximum Gasteiger partial charge on any atom is 0.339 e. The number of hydrogen-bond donors (Lipinski definition) is 1. The van der Waals surface area contributed by atoms with Gasteiger partial charge < -0.3 is 14.8 Å². The molecule has 6 nitrogen and oxygen atoms in total. The van der Waals surface area contributed by atoms with Crippen LogP contribution in [-0.4, -0.2) is 23.5 Å². The van der Waals surface area contributed by atoms with Gasteiger partial charge in [-0.25, -0.2) is 9.78 Å². The number of aromatic nitrogens is 1. The number of pyridine rings is 1. The summed E-state index contributed by atoms with van der Waals surface area (Å²) in [5.41, 5.74) is 3.86. The van der Waals surface area contributed by atoms with Crippen LogP contribution in [0.1, 0.15) is 15.9 Å². The van der Waals surface area contributed by atoms with Crippen molar-refractivity contribution < 1.29 is 19.1 Å². The van der Waals surface area contributed by atoms with Crippen molar-refractivity contribution in [1.29, 1.82) is 0 Å². The quantitative estimate of drug-likeness (QED) is 0.185. The second-order valence-corrected chi connectivity index (χ2v) is 9.94. The SMILES string of the molecule is O=C(COC(=O)c1cc(-c2ccc(OCc3ccccc3)cc2)nc2ccccc12)Nc1ccc(Br)cc1Cl. The number of halogens is 2. The molecule has 0 saturated carbocycles. The highest BCUT2D eigenvalue weighted by Gasteiger charge is 2.17. The number of fused-ring (bicyclic) bond motifs is 1. The van der Waals surface area contributed by atoms with Crippen LogP contribution in [0.15, 0.2) is 108 Å². The van der Waals surface area contributed by atoms with E-state index >= 15 is 0 Å². The van der Waals surface area contributed by atoms with Crippen LogP contribution in [-0.2, 0) is 16.1 Å². The number of nitrogens with zero attached hydrogens (tertiary/aromatic N) is 1. The summed E-state index contributed by atoms with van der Waals surface area (Å²) in [6, 6.07) is 31.5. The molecule has 194 valence electrons. The average molecular weight is 602 g/mol. The highest BCUT2D eigenvalue weighted by Crippen LogP contribution is 2.28. The van der Waals surface area contributed by atoms with Gasteiger partial charge in [0.1, 0.15) is 12.4 Å². The molecule has 0 aliphatic carbocycles. The Hall–Kier alpha value is -4.20. The van der Waals surface area contributed by atoms with Gasteiger partial charge >= 0.3 is 5.97 Å². The Balaban J connectivity index is 1.31. The summed E-state index contributed by atoms with van der Waals surface area (Å²) in [7, 11) is 0. The molecule has 0 unspecified atom stereocenters. The van der Waals surface area contributed by atoms with Crippen molar-refractivity contribution in [3.8, 4) is 17.0 Å². The first-order chi connectivity index (χ1) is 19.0. The fourth-order valence-corrected chi connectivity index (χ4v) is 4.66. The molecule has 5 rings (SSSR count). The van der Waals surface area contributed by atoms with Gasteiger partial charge in [-0.3, -0.25) is 4.79 Å². The van der Waals surface area contributed by atoms with Crippen molar-refractivity contribution in [2.24, 2.45) is 0 Å². The van der Waals surface area contributed by atoms with E-state index in [9.17, 15) is 9.59 Å². The van der Waals surface area contributed by atoms with Crippen LogP contribution in [0.5, 0.6) is 5.75 Å². The van der Waals surface area contributed by atoms with Gasteiger partial charge in [-0.05, 0) is 60.2 Å². The van der Waals surface area contributed by atoms with E-state index in [1.807, 2.05) is 72.8 Å². The number of esters is 1. The Morgan fingerprint density at radius 3 is 2.38 bits per heavy atom. The van der Waals surface area contributed by atoms with Gasteiger partial charge in [-0.1, -0.05) is 76.1 Å². The van der Waals surface area contributed by atoms with Crippen LogP contribution in [0.3, 0.4) is 0 Å². The lowest BCUT2D eigenvalue weighted by Crippen LogP contribution is -2.21. The van der Waals surface area contributed by atoms with Gasteiger partial charge in [0.15, 0.2) is 6.61 Å². The number of nitrogens with one attached hydrogen (secondary N) is 1. The Labute approximate surface area is 238 Å². The Morgan fingerprint density at radius 2 is 1.62 bits per heavy atom. The van der Waals surface area contributed by atoms with E-state index in [-0.39, 0.29) is 0 Å². The third kappa shape index (κ3) is 6.63. The normalized spacial score (nSPS) is 10.7. The molecule has 0 spiro atoms. The standard InChI is InChI=1S/C31H22BrClN2O4/c32-22-12-15-28(26(33)16-22)35-30(36)19-39-31(37)25-17-29(34-27-9-5-4-8-24(25)27)21-10-13-23(14-11-21)38-18-20-6-2-1-3-7-20/h1-17H,18-19H2,(H,35,36). The molecule has 0 atom stereocenters. The van der Waals surface area contributed by atoms with Crippen LogP contribution in [0, 0.1) is 0 Å². The highest BCUT2D eigenvalue weighted by atomic mass is 79.9. The zero-order valence-electron chi connectivity index (χ0n) is 20.6. The minimum absolute atomic E-state index is 0.314. The smallest absolute Gasteiger partial charge is 0.339 e. The highest BCUT2D eigenvalue weighted by molar-refractivity contribution is 9.10. The number of benzene rings is 4.